The van der Waals surface area contributed by atoms with E-state index >= 15 is 0 Å². The van der Waals surface area contributed by atoms with Gasteiger partial charge in [0.1, 0.15) is 5.60 Å². The van der Waals surface area contributed by atoms with Crippen LogP contribution in [0.4, 0.5) is 0 Å². The number of likely N-dealkylation sites (tertiary alicyclic amines) is 1. The third-order valence-electron chi connectivity index (χ3n) is 6.33. The number of nitrogens with zero attached hydrogens (tertiary/aromatic N) is 1. The Kier molecular flexibility index (Phi) is 7.69. The molecule has 1 aliphatic rings. The van der Waals surface area contributed by atoms with Crippen LogP contribution in [0.15, 0.2) is 66.7 Å². The van der Waals surface area contributed by atoms with Gasteiger partial charge in [-0.05, 0) is 54.3 Å². The second-order valence-corrected chi connectivity index (χ2v) is 10.0. The van der Waals surface area contributed by atoms with E-state index in [4.69, 9.17) is 46.4 Å². The van der Waals surface area contributed by atoms with Crippen LogP contribution in [0.25, 0.3) is 0 Å². The van der Waals surface area contributed by atoms with E-state index in [1.54, 1.807) is 36.4 Å². The fourth-order valence-electron chi connectivity index (χ4n) is 4.40. The van der Waals surface area contributed by atoms with Crippen molar-refractivity contribution in [1.29, 1.82) is 0 Å². The van der Waals surface area contributed by atoms with E-state index in [1.165, 1.54) is 5.56 Å². The average Bonchev–Trinajstić information content (AvgIpc) is 2.82. The Hall–Kier alpha value is -1.59. The Morgan fingerprint density at radius 2 is 1.58 bits per heavy atom. The van der Waals surface area contributed by atoms with Crippen molar-refractivity contribution < 1.29 is 9.90 Å². The van der Waals surface area contributed by atoms with Crippen LogP contribution >= 0.6 is 46.4 Å². The molecule has 3 nitrogen and oxygen atoms in total. The molecule has 1 N–H and O–H groups in total. The summed E-state index contributed by atoms with van der Waals surface area (Å²) < 4.78 is 0. The average molecular weight is 523 g/mol. The fraction of sp³-hybridized carbons (Fsp3) is 0.269. The molecule has 7 heteroatoms. The molecule has 4 rings (SSSR count). The summed E-state index contributed by atoms with van der Waals surface area (Å²) in [7, 11) is 0. The Morgan fingerprint density at radius 3 is 2.24 bits per heavy atom. The van der Waals surface area contributed by atoms with E-state index in [-0.39, 0.29) is 5.78 Å². The number of benzene rings is 3. The highest BCUT2D eigenvalue weighted by molar-refractivity contribution is 6.42. The molecule has 3 aromatic rings. The van der Waals surface area contributed by atoms with Gasteiger partial charge in [-0.25, -0.2) is 0 Å². The molecule has 2 unspecified atom stereocenters. The van der Waals surface area contributed by atoms with Gasteiger partial charge in [-0.2, -0.15) is 0 Å². The largest absolute Gasteiger partial charge is 0.384 e. The minimum atomic E-state index is -1.39. The van der Waals surface area contributed by atoms with Crippen molar-refractivity contribution in [2.45, 2.75) is 18.4 Å². The number of rotatable bonds is 6. The number of aliphatic hydroxyl groups is 1. The van der Waals surface area contributed by atoms with Gasteiger partial charge in [-0.3, -0.25) is 4.79 Å². The van der Waals surface area contributed by atoms with Crippen LogP contribution in [-0.2, 0) is 12.0 Å². The molecule has 0 saturated carbocycles. The van der Waals surface area contributed by atoms with Gasteiger partial charge in [0.15, 0.2) is 5.78 Å². The lowest BCUT2D eigenvalue weighted by atomic mass is 9.72. The van der Waals surface area contributed by atoms with Gasteiger partial charge < -0.3 is 10.0 Å². The first kappa shape index (κ1) is 24.5. The standard InChI is InChI=1S/C26H23Cl4NO2/c27-21-8-6-18(14-23(21)29)25(32)20-16-31(12-10-17-4-2-1-3-5-17)13-11-26(20,33)19-7-9-22(28)24(30)15-19/h1-9,14-15,20,33H,10-13,16H2. The SMILES string of the molecule is O=C(c1ccc(Cl)c(Cl)c1)C1CN(CCc2ccccc2)CCC1(O)c1ccc(Cl)c(Cl)c1. The van der Waals surface area contributed by atoms with Gasteiger partial charge in [0, 0.05) is 25.2 Å². The van der Waals surface area contributed by atoms with Gasteiger partial charge in [0.25, 0.3) is 0 Å². The number of carbonyl (C=O) groups is 1. The molecule has 0 amide bonds. The van der Waals surface area contributed by atoms with Crippen molar-refractivity contribution in [3.8, 4) is 0 Å². The summed E-state index contributed by atoms with van der Waals surface area (Å²) in [4.78, 5) is 15.9. The molecular formula is C26H23Cl4NO2. The Morgan fingerprint density at radius 1 is 0.909 bits per heavy atom. The van der Waals surface area contributed by atoms with Gasteiger partial charge >= 0.3 is 0 Å². The fourth-order valence-corrected chi connectivity index (χ4v) is 5.00. The second kappa shape index (κ2) is 10.4. The molecular weight excluding hydrogens is 500 g/mol. The molecule has 0 radical (unpaired) electrons. The smallest absolute Gasteiger partial charge is 0.170 e. The molecule has 1 fully saturated rings. The summed E-state index contributed by atoms with van der Waals surface area (Å²) in [6, 6.07) is 20.1. The summed E-state index contributed by atoms with van der Waals surface area (Å²) in [5, 5.41) is 13.3. The first-order valence-corrected chi connectivity index (χ1v) is 12.2. The molecule has 0 spiro atoms. The van der Waals surface area contributed by atoms with Crippen molar-refractivity contribution in [3.05, 3.63) is 104 Å². The van der Waals surface area contributed by atoms with E-state index in [0.29, 0.717) is 50.7 Å². The van der Waals surface area contributed by atoms with Crippen molar-refractivity contribution in [3.63, 3.8) is 0 Å². The van der Waals surface area contributed by atoms with E-state index in [1.807, 2.05) is 18.2 Å². The van der Waals surface area contributed by atoms with Gasteiger partial charge in [0.2, 0.25) is 0 Å². The van der Waals surface area contributed by atoms with Crippen LogP contribution in [0.5, 0.6) is 0 Å². The summed E-state index contributed by atoms with van der Waals surface area (Å²) in [6.45, 7) is 1.84. The minimum absolute atomic E-state index is 0.188. The molecule has 2 atom stereocenters. The first-order chi connectivity index (χ1) is 15.8. The molecule has 1 aliphatic heterocycles. The van der Waals surface area contributed by atoms with Crippen LogP contribution in [-0.4, -0.2) is 35.4 Å². The molecule has 0 aromatic heterocycles. The molecule has 0 aliphatic carbocycles. The number of Topliss-reactive ketones (excluding diaryl/α,β-unsaturated/α-hetero) is 1. The number of piperidine rings is 1. The molecule has 172 valence electrons. The van der Waals surface area contributed by atoms with Crippen LogP contribution in [0, 0.1) is 5.92 Å². The van der Waals surface area contributed by atoms with Gasteiger partial charge in [-0.1, -0.05) is 82.8 Å². The lowest BCUT2D eigenvalue weighted by molar-refractivity contribution is -0.0639. The summed E-state index contributed by atoms with van der Waals surface area (Å²) in [6.07, 6.45) is 1.25. The Labute approximate surface area is 213 Å². The highest BCUT2D eigenvalue weighted by atomic mass is 35.5. The highest BCUT2D eigenvalue weighted by Crippen LogP contribution is 2.41. The third-order valence-corrected chi connectivity index (χ3v) is 7.80. The lowest BCUT2D eigenvalue weighted by Gasteiger charge is -2.44. The normalized spacial score (nSPS) is 21.2. The maximum atomic E-state index is 13.7. The quantitative estimate of drug-likeness (QED) is 0.356. The predicted molar refractivity (Wildman–Crippen MR) is 136 cm³/mol. The monoisotopic (exact) mass is 521 g/mol. The van der Waals surface area contributed by atoms with Crippen LogP contribution in [0.1, 0.15) is 27.9 Å². The minimum Gasteiger partial charge on any atom is -0.384 e. The van der Waals surface area contributed by atoms with Crippen LogP contribution < -0.4 is 0 Å². The first-order valence-electron chi connectivity index (χ1n) is 10.7. The zero-order valence-electron chi connectivity index (χ0n) is 17.8. The number of halogens is 4. The zero-order chi connectivity index (χ0) is 23.6. The molecule has 0 bridgehead atoms. The van der Waals surface area contributed by atoms with Crippen LogP contribution in [0.2, 0.25) is 20.1 Å². The van der Waals surface area contributed by atoms with Crippen molar-refractivity contribution in [1.82, 2.24) is 4.90 Å². The van der Waals surface area contributed by atoms with E-state index in [9.17, 15) is 9.90 Å². The third kappa shape index (κ3) is 5.40. The number of carbonyl (C=O) groups excluding carboxylic acids is 1. The topological polar surface area (TPSA) is 40.5 Å². The molecule has 1 heterocycles. The van der Waals surface area contributed by atoms with Crippen LogP contribution in [0.3, 0.4) is 0 Å². The van der Waals surface area contributed by atoms with Crippen molar-refractivity contribution in [2.75, 3.05) is 19.6 Å². The lowest BCUT2D eigenvalue weighted by Crippen LogP contribution is -2.53. The molecule has 1 saturated heterocycles. The molecule has 33 heavy (non-hydrogen) atoms. The predicted octanol–water partition coefficient (Wildman–Crippen LogP) is 6.94. The maximum absolute atomic E-state index is 13.7. The summed E-state index contributed by atoms with van der Waals surface area (Å²) >= 11 is 24.6. The zero-order valence-corrected chi connectivity index (χ0v) is 20.8. The maximum Gasteiger partial charge on any atom is 0.170 e. The van der Waals surface area contributed by atoms with Gasteiger partial charge in [-0.15, -0.1) is 0 Å². The Balaban J connectivity index is 1.64. The Bertz CT molecular complexity index is 1150. The van der Waals surface area contributed by atoms with Crippen molar-refractivity contribution in [2.24, 2.45) is 5.92 Å². The van der Waals surface area contributed by atoms with E-state index in [0.717, 1.165) is 13.0 Å². The number of hydrogen-bond donors (Lipinski definition) is 1. The summed E-state index contributed by atoms with van der Waals surface area (Å²) in [5.41, 5.74) is 0.840. The number of ketones is 1. The van der Waals surface area contributed by atoms with Crippen molar-refractivity contribution >= 4 is 52.2 Å². The highest BCUT2D eigenvalue weighted by Gasteiger charge is 2.47. The second-order valence-electron chi connectivity index (χ2n) is 8.39. The van der Waals surface area contributed by atoms with Gasteiger partial charge in [0.05, 0.1) is 26.0 Å². The summed E-state index contributed by atoms with van der Waals surface area (Å²) in [5.74, 6) is -0.900. The molecule has 3 aromatic carbocycles. The van der Waals surface area contributed by atoms with E-state index in [2.05, 4.69) is 17.0 Å². The van der Waals surface area contributed by atoms with E-state index < -0.39 is 11.5 Å². The number of hydrogen-bond acceptors (Lipinski definition) is 3.